The maximum Gasteiger partial charge on any atom is 0.144 e. The normalized spacial score (nSPS) is 12.8. The van der Waals surface area contributed by atoms with E-state index < -0.39 is 8.07 Å². The van der Waals surface area contributed by atoms with Gasteiger partial charge >= 0.3 is 0 Å². The highest BCUT2D eigenvalue weighted by Gasteiger charge is 2.29. The Morgan fingerprint density at radius 2 is 1.42 bits per heavy atom. The van der Waals surface area contributed by atoms with Crippen molar-refractivity contribution in [3.8, 4) is 50.6 Å². The third-order valence-corrected chi connectivity index (χ3v) is 13.2. The van der Waals surface area contributed by atoms with Crippen LogP contribution in [0.1, 0.15) is 66.5 Å². The molecule has 57 heavy (non-hydrogen) atoms. The van der Waals surface area contributed by atoms with E-state index in [4.69, 9.17) is 14.4 Å². The van der Waals surface area contributed by atoms with Gasteiger partial charge in [0.15, 0.2) is 0 Å². The third-order valence-electron chi connectivity index (χ3n) is 11.2. The highest BCUT2D eigenvalue weighted by Crippen LogP contribution is 2.45. The van der Waals surface area contributed by atoms with Crippen LogP contribution in [0.25, 0.3) is 77.9 Å². The van der Waals surface area contributed by atoms with Gasteiger partial charge in [-0.25, -0.2) is 4.98 Å². The highest BCUT2D eigenvalue weighted by atomic mass is 28.3. The number of nitrogens with zero attached hydrogens (tertiary/aromatic N) is 3. The Kier molecular flexibility index (Phi) is 9.35. The summed E-state index contributed by atoms with van der Waals surface area (Å²) in [5.41, 5.74) is 12.3. The number of hydrogen-bond donors (Lipinski definition) is 1. The van der Waals surface area contributed by atoms with Gasteiger partial charge in [-0.15, -0.1) is 0 Å². The molecule has 0 saturated heterocycles. The van der Waals surface area contributed by atoms with E-state index in [1.54, 1.807) is 0 Å². The summed E-state index contributed by atoms with van der Waals surface area (Å²) in [4.78, 5) is 10.7. The number of phenolic OH excluding ortho intramolecular Hbond substituents is 1. The number of aromatic hydroxyl groups is 1. The molecule has 3 heterocycles. The summed E-state index contributed by atoms with van der Waals surface area (Å²) in [5.74, 6) is 1.41. The molecule has 0 fully saturated rings. The van der Waals surface area contributed by atoms with Crippen molar-refractivity contribution in [2.75, 3.05) is 0 Å². The van der Waals surface area contributed by atoms with Gasteiger partial charge in [0, 0.05) is 45.8 Å². The van der Waals surface area contributed by atoms with E-state index in [9.17, 15) is 5.11 Å². The SMILES string of the molecule is CC(C)Cn1c(-c2cc(C(C)(C)C)cc(C(C)(C)C)c2O)nc2c(-c3cc(-c4cc(-c5ccccc5)c([Si](C)(C)C)cn4)cc4c3oc3ccccc34)cccc21. The zero-order chi connectivity index (χ0) is 40.6. The summed E-state index contributed by atoms with van der Waals surface area (Å²) in [6.07, 6.45) is 2.12. The number of rotatable bonds is 7. The van der Waals surface area contributed by atoms with E-state index in [1.807, 2.05) is 12.1 Å². The molecule has 0 spiro atoms. The molecule has 0 aliphatic heterocycles. The van der Waals surface area contributed by atoms with E-state index in [1.165, 1.54) is 21.9 Å². The standard InChI is InChI=1S/C51H55N3O2Si/c1-31(2)30-54-43-22-17-21-36(46(43)53-49(54)40-26-34(50(3,4)5)27-41(47(40)55)51(6,7)8)39-25-33(24-38-35-20-15-16-23-44(35)56-48(38)39)42-28-37(32-18-13-12-14-19-32)45(29-52-42)57(9,10)11/h12-29,31,55H,30H2,1-11H3. The molecule has 3 aromatic heterocycles. The molecule has 8 aromatic rings. The maximum atomic E-state index is 12.1. The number of furan rings is 1. The highest BCUT2D eigenvalue weighted by molar-refractivity contribution is 6.89. The van der Waals surface area contributed by atoms with Crippen molar-refractivity contribution in [3.05, 3.63) is 120 Å². The Hall–Kier alpha value is -5.46. The molecule has 0 bridgehead atoms. The van der Waals surface area contributed by atoms with E-state index in [2.05, 4.69) is 177 Å². The summed E-state index contributed by atoms with van der Waals surface area (Å²) >= 11 is 0. The molecule has 0 aliphatic rings. The van der Waals surface area contributed by atoms with E-state index in [0.717, 1.165) is 78.9 Å². The lowest BCUT2D eigenvalue weighted by Crippen LogP contribution is -2.39. The molecule has 8 rings (SSSR count). The predicted octanol–water partition coefficient (Wildman–Crippen LogP) is 13.5. The van der Waals surface area contributed by atoms with E-state index in [0.29, 0.717) is 11.7 Å². The third kappa shape index (κ3) is 6.99. The lowest BCUT2D eigenvalue weighted by molar-refractivity contribution is 0.445. The number of para-hydroxylation sites is 2. The first-order valence-electron chi connectivity index (χ1n) is 20.3. The molecule has 5 nitrogen and oxygen atoms in total. The first kappa shape index (κ1) is 38.4. The minimum atomic E-state index is -1.73. The zero-order valence-electron chi connectivity index (χ0n) is 35.4. The summed E-state index contributed by atoms with van der Waals surface area (Å²) in [7, 11) is -1.73. The summed E-state index contributed by atoms with van der Waals surface area (Å²) in [5, 5.41) is 15.6. The van der Waals surface area contributed by atoms with Crippen LogP contribution in [-0.2, 0) is 17.4 Å². The van der Waals surface area contributed by atoms with Crippen molar-refractivity contribution in [1.29, 1.82) is 0 Å². The Morgan fingerprint density at radius 1 is 0.702 bits per heavy atom. The lowest BCUT2D eigenvalue weighted by atomic mass is 9.79. The van der Waals surface area contributed by atoms with Gasteiger partial charge in [0.25, 0.3) is 0 Å². The van der Waals surface area contributed by atoms with Gasteiger partial charge in [0.05, 0.1) is 30.4 Å². The van der Waals surface area contributed by atoms with E-state index >= 15 is 0 Å². The molecule has 6 heteroatoms. The van der Waals surface area contributed by atoms with Crippen LogP contribution in [0, 0.1) is 5.92 Å². The average Bonchev–Trinajstić information content (AvgIpc) is 3.71. The number of hydrogen-bond acceptors (Lipinski definition) is 4. The quantitative estimate of drug-likeness (QED) is 0.164. The number of imidazole rings is 1. The summed E-state index contributed by atoms with van der Waals surface area (Å²) < 4.78 is 9.06. The van der Waals surface area contributed by atoms with E-state index in [-0.39, 0.29) is 10.8 Å². The van der Waals surface area contributed by atoms with Crippen molar-refractivity contribution in [3.63, 3.8) is 0 Å². The molecule has 0 unspecified atom stereocenters. The fourth-order valence-corrected chi connectivity index (χ4v) is 9.65. The van der Waals surface area contributed by atoms with Crippen LogP contribution < -0.4 is 5.19 Å². The van der Waals surface area contributed by atoms with Crippen molar-refractivity contribution < 1.29 is 9.52 Å². The van der Waals surface area contributed by atoms with Gasteiger partial charge in [-0.3, -0.25) is 4.98 Å². The number of aromatic nitrogens is 3. The van der Waals surface area contributed by atoms with Gasteiger partial charge in [-0.2, -0.15) is 0 Å². The van der Waals surface area contributed by atoms with Crippen LogP contribution in [0.5, 0.6) is 5.75 Å². The van der Waals surface area contributed by atoms with Gasteiger partial charge in [0.1, 0.15) is 22.7 Å². The topological polar surface area (TPSA) is 64.1 Å². The van der Waals surface area contributed by atoms with Gasteiger partial charge in [-0.05, 0) is 75.0 Å². The molecule has 0 atom stereocenters. The molecule has 0 aliphatic carbocycles. The second kappa shape index (κ2) is 13.9. The molecule has 290 valence electrons. The van der Waals surface area contributed by atoms with Crippen molar-refractivity contribution >= 4 is 46.2 Å². The second-order valence-electron chi connectivity index (χ2n) is 19.3. The molecular formula is C51H55N3O2Si. The number of fused-ring (bicyclic) bond motifs is 4. The van der Waals surface area contributed by atoms with Crippen molar-refractivity contribution in [2.45, 2.75) is 92.4 Å². The Bertz CT molecular complexity index is 2810. The predicted molar refractivity (Wildman–Crippen MR) is 243 cm³/mol. The number of benzene rings is 5. The molecule has 5 aromatic carbocycles. The molecule has 0 amide bonds. The molecular weight excluding hydrogens is 715 g/mol. The lowest BCUT2D eigenvalue weighted by Gasteiger charge is -2.27. The second-order valence-corrected chi connectivity index (χ2v) is 24.3. The first-order valence-corrected chi connectivity index (χ1v) is 23.8. The average molecular weight is 770 g/mol. The fourth-order valence-electron chi connectivity index (χ4n) is 8.17. The Labute approximate surface area is 338 Å². The maximum absolute atomic E-state index is 12.1. The molecule has 1 N–H and O–H groups in total. The Balaban J connectivity index is 1.43. The summed E-state index contributed by atoms with van der Waals surface area (Å²) in [6, 6.07) is 36.5. The van der Waals surface area contributed by atoms with Crippen LogP contribution in [0.3, 0.4) is 0 Å². The largest absolute Gasteiger partial charge is 0.507 e. The van der Waals surface area contributed by atoms with Gasteiger partial charge in [-0.1, -0.05) is 142 Å². The fraction of sp³-hybridized carbons (Fsp3) is 0.294. The minimum Gasteiger partial charge on any atom is -0.507 e. The number of pyridine rings is 1. The minimum absolute atomic E-state index is 0.127. The van der Waals surface area contributed by atoms with Crippen LogP contribution in [0.2, 0.25) is 19.6 Å². The van der Waals surface area contributed by atoms with Gasteiger partial charge in [0.2, 0.25) is 0 Å². The van der Waals surface area contributed by atoms with Crippen LogP contribution in [0.15, 0.2) is 114 Å². The first-order chi connectivity index (χ1) is 26.9. The van der Waals surface area contributed by atoms with Crippen LogP contribution in [-0.4, -0.2) is 27.7 Å². The van der Waals surface area contributed by atoms with Crippen molar-refractivity contribution in [1.82, 2.24) is 14.5 Å². The molecule has 0 saturated carbocycles. The van der Waals surface area contributed by atoms with Gasteiger partial charge < -0.3 is 14.1 Å². The summed E-state index contributed by atoms with van der Waals surface area (Å²) in [6.45, 7) is 25.5. The monoisotopic (exact) mass is 769 g/mol. The smallest absolute Gasteiger partial charge is 0.144 e. The molecule has 0 radical (unpaired) electrons. The van der Waals surface area contributed by atoms with Crippen LogP contribution >= 0.6 is 0 Å². The van der Waals surface area contributed by atoms with Crippen LogP contribution in [0.4, 0.5) is 0 Å². The number of phenols is 1. The van der Waals surface area contributed by atoms with Crippen molar-refractivity contribution in [2.24, 2.45) is 5.92 Å². The zero-order valence-corrected chi connectivity index (χ0v) is 36.4. The Morgan fingerprint density at radius 3 is 2.11 bits per heavy atom.